The number of hydrogen-bond donors (Lipinski definition) is 9. The van der Waals surface area contributed by atoms with Gasteiger partial charge in [0.25, 0.3) is 0 Å². The molecule has 5 rings (SSSR count). The average Bonchev–Trinajstić information content (AvgIpc) is 3.55. The van der Waals surface area contributed by atoms with Crippen LogP contribution in [0.15, 0.2) is 16.6 Å². The normalized spacial score (nSPS) is 27.5. The van der Waals surface area contributed by atoms with E-state index >= 15 is 0 Å². The maximum atomic E-state index is 12.6. The van der Waals surface area contributed by atoms with Crippen molar-refractivity contribution in [1.29, 1.82) is 0 Å². The number of carbonyl (C=O) groups is 3. The minimum Gasteiger partial charge on any atom is -0.481 e. The number of thiol groups is 1. The van der Waals surface area contributed by atoms with Gasteiger partial charge in [-0.1, -0.05) is 13.8 Å². The Labute approximate surface area is 276 Å². The molecule has 1 amide bonds. The first-order chi connectivity index (χ1) is 21.8. The number of carboxylic acids is 2. The Morgan fingerprint density at radius 2 is 1.85 bits per heavy atom. The van der Waals surface area contributed by atoms with Gasteiger partial charge in [0.2, 0.25) is 5.91 Å². The third-order valence-electron chi connectivity index (χ3n) is 9.50. The Morgan fingerprint density at radius 3 is 2.48 bits per heavy atom. The number of rotatable bonds is 11. The number of aliphatic carboxylic acids is 2. The summed E-state index contributed by atoms with van der Waals surface area (Å²) in [5, 5.41) is 45.4. The van der Waals surface area contributed by atoms with Crippen molar-refractivity contribution in [3.8, 4) is 0 Å². The van der Waals surface area contributed by atoms with Crippen LogP contribution in [-0.4, -0.2) is 77.7 Å². The van der Waals surface area contributed by atoms with Crippen LogP contribution in [-0.2, 0) is 20.8 Å². The van der Waals surface area contributed by atoms with Crippen LogP contribution in [0, 0.1) is 31.6 Å². The van der Waals surface area contributed by atoms with Crippen LogP contribution < -0.4 is 21.0 Å². The highest BCUT2D eigenvalue weighted by molar-refractivity contribution is 8.11. The minimum atomic E-state index is -1.13. The smallest absolute Gasteiger partial charge is 0.363 e. The molecule has 46 heavy (non-hydrogen) atoms. The highest BCUT2D eigenvalue weighted by Gasteiger charge is 2.44. The zero-order valence-corrected chi connectivity index (χ0v) is 27.9. The van der Waals surface area contributed by atoms with Gasteiger partial charge in [0.05, 0.1) is 23.2 Å². The molecule has 0 aromatic carbocycles. The fraction of sp³-hybridized carbons (Fsp3) is 0.455. The van der Waals surface area contributed by atoms with Gasteiger partial charge in [-0.3, -0.25) is 9.59 Å². The molecule has 8 N–H and O–H groups in total. The maximum Gasteiger partial charge on any atom is 0.363 e. The summed E-state index contributed by atoms with van der Waals surface area (Å²) in [5.41, 5.74) is 4.74. The molecule has 2 unspecified atom stereocenters. The SMILES string of the molecule is Cc1c([C@H](O)C2NC(=O)[C@H](C)[C@H]2CCS)[nH]c(/C=c2\[nH]/c(=C/[C@H]3[NH+]=C(O)/C(=C4\CS4)C3C)c(C)c2CCC(=O)O)c1/C=C\C(=O)O. The van der Waals surface area contributed by atoms with E-state index in [0.717, 1.165) is 33.9 Å². The van der Waals surface area contributed by atoms with Crippen molar-refractivity contribution >= 4 is 66.4 Å². The van der Waals surface area contributed by atoms with Gasteiger partial charge >= 0.3 is 17.8 Å². The number of amides is 1. The molecular formula is C33H41N4O7S2+. The molecule has 246 valence electrons. The Balaban J connectivity index is 1.63. The Kier molecular flexibility index (Phi) is 9.95. The van der Waals surface area contributed by atoms with Crippen LogP contribution in [0.5, 0.6) is 0 Å². The minimum absolute atomic E-state index is 0.0376. The number of carboxylic acid groups (broad SMARTS) is 2. The molecule has 6 atom stereocenters. The van der Waals surface area contributed by atoms with Gasteiger partial charge in [0, 0.05) is 57.1 Å². The predicted octanol–water partition coefficient (Wildman–Crippen LogP) is 0.844. The lowest BCUT2D eigenvalue weighted by molar-refractivity contribution is -0.487. The molecule has 0 saturated carbocycles. The summed E-state index contributed by atoms with van der Waals surface area (Å²) in [6.45, 7) is 7.59. The molecule has 2 saturated heterocycles. The van der Waals surface area contributed by atoms with Gasteiger partial charge < -0.3 is 35.7 Å². The van der Waals surface area contributed by atoms with E-state index in [1.54, 1.807) is 24.8 Å². The molecule has 3 aliphatic rings. The number of H-pyrrole nitrogens is 2. The number of aliphatic hydroxyl groups is 2. The van der Waals surface area contributed by atoms with Crippen molar-refractivity contribution in [2.24, 2.45) is 17.8 Å². The molecule has 11 nitrogen and oxygen atoms in total. The molecule has 3 aliphatic heterocycles. The van der Waals surface area contributed by atoms with Crippen molar-refractivity contribution in [1.82, 2.24) is 15.3 Å². The van der Waals surface area contributed by atoms with Crippen LogP contribution in [0.3, 0.4) is 0 Å². The summed E-state index contributed by atoms with van der Waals surface area (Å²) in [7, 11) is 0. The van der Waals surface area contributed by atoms with Crippen molar-refractivity contribution in [2.75, 3.05) is 11.5 Å². The first-order valence-electron chi connectivity index (χ1n) is 15.4. The van der Waals surface area contributed by atoms with Gasteiger partial charge in [-0.05, 0) is 67.2 Å². The van der Waals surface area contributed by atoms with Crippen LogP contribution in [0.4, 0.5) is 0 Å². The molecule has 0 aliphatic carbocycles. The second kappa shape index (κ2) is 13.6. The van der Waals surface area contributed by atoms with Crippen LogP contribution in [0.1, 0.15) is 66.4 Å². The van der Waals surface area contributed by atoms with E-state index in [0.29, 0.717) is 40.0 Å². The lowest BCUT2D eigenvalue weighted by atomic mass is 9.85. The van der Waals surface area contributed by atoms with Crippen molar-refractivity contribution in [3.05, 3.63) is 60.9 Å². The number of aromatic nitrogens is 2. The topological polar surface area (TPSA) is 190 Å². The summed E-state index contributed by atoms with van der Waals surface area (Å²) in [4.78, 5) is 46.8. The molecule has 0 bridgehead atoms. The second-order valence-electron chi connectivity index (χ2n) is 12.3. The van der Waals surface area contributed by atoms with Crippen molar-refractivity contribution < 1.29 is 39.8 Å². The molecule has 0 spiro atoms. The van der Waals surface area contributed by atoms with E-state index in [-0.39, 0.29) is 48.4 Å². The Morgan fingerprint density at radius 1 is 1.13 bits per heavy atom. The fourth-order valence-corrected chi connectivity index (χ4v) is 7.74. The summed E-state index contributed by atoms with van der Waals surface area (Å²) >= 11 is 6.07. The first kappa shape index (κ1) is 33.7. The van der Waals surface area contributed by atoms with Crippen molar-refractivity contribution in [2.45, 2.75) is 65.1 Å². The third-order valence-corrected chi connectivity index (χ3v) is 10.6. The number of thioether (sulfide) groups is 1. The number of aromatic amines is 2. The predicted molar refractivity (Wildman–Crippen MR) is 180 cm³/mol. The van der Waals surface area contributed by atoms with E-state index in [4.69, 9.17) is 0 Å². The third kappa shape index (κ3) is 6.72. The summed E-state index contributed by atoms with van der Waals surface area (Å²) < 4.78 is 0. The number of hydrogen-bond acceptors (Lipinski definition) is 6. The van der Waals surface area contributed by atoms with Gasteiger partial charge in [0.15, 0.2) is 6.04 Å². The fourth-order valence-electron chi connectivity index (χ4n) is 6.78. The zero-order valence-electron chi connectivity index (χ0n) is 26.2. The molecule has 2 aromatic rings. The summed E-state index contributed by atoms with van der Waals surface area (Å²) in [6.07, 6.45) is 5.99. The maximum absolute atomic E-state index is 12.6. The lowest BCUT2D eigenvalue weighted by Gasteiger charge is -2.25. The van der Waals surface area contributed by atoms with Crippen LogP contribution in [0.25, 0.3) is 18.2 Å². The highest BCUT2D eigenvalue weighted by atomic mass is 32.2. The summed E-state index contributed by atoms with van der Waals surface area (Å²) in [6, 6.07) is -0.738. The largest absolute Gasteiger partial charge is 0.481 e. The first-order valence-corrected chi connectivity index (χ1v) is 17.0. The lowest BCUT2D eigenvalue weighted by Crippen LogP contribution is -2.76. The molecule has 13 heteroatoms. The average molecular weight is 670 g/mol. The van der Waals surface area contributed by atoms with Crippen LogP contribution in [0.2, 0.25) is 0 Å². The molecular weight excluding hydrogens is 629 g/mol. The van der Waals surface area contributed by atoms with Crippen molar-refractivity contribution in [3.63, 3.8) is 0 Å². The van der Waals surface area contributed by atoms with Gasteiger partial charge in [-0.25, -0.2) is 9.79 Å². The van der Waals surface area contributed by atoms with Crippen LogP contribution >= 0.6 is 24.4 Å². The van der Waals surface area contributed by atoms with E-state index < -0.39 is 24.1 Å². The molecule has 0 radical (unpaired) electrons. The van der Waals surface area contributed by atoms with E-state index in [2.05, 4.69) is 39.8 Å². The highest BCUT2D eigenvalue weighted by Crippen LogP contribution is 2.42. The number of nitrogens with one attached hydrogen (secondary N) is 4. The van der Waals surface area contributed by atoms with Gasteiger partial charge in [-0.2, -0.15) is 12.6 Å². The zero-order chi connectivity index (χ0) is 33.4. The standard InChI is InChI=1S/C33H40N4O7S2/c1-14-18(5-7-26(38)39)23(34-21(14)11-22-17(4)28(25-13-46-25)33(44)36-22)12-24-19(6-8-27(40)41)15(2)29(35-24)31(42)30-20(9-10-45)16(3)32(43)37-30/h6,8,11-12,16-17,20,22,30-31,34-35,42,45H,5,7,9-10,13H2,1-4H3,(H,36,44)(H,37,43)(H,38,39)(H,40,41)/p+1/b8-6-,21-11+,23-12-,28-25+/t16-,17?,20-,22-,30?,31+/m1/s1. The monoisotopic (exact) mass is 669 g/mol. The van der Waals surface area contributed by atoms with Gasteiger partial charge in [0.1, 0.15) is 6.10 Å². The Bertz CT molecular complexity index is 1780. The molecule has 5 heterocycles. The number of aliphatic hydroxyl groups excluding tert-OH is 2. The molecule has 2 fully saturated rings. The van der Waals surface area contributed by atoms with E-state index in [9.17, 15) is 34.8 Å². The van der Waals surface area contributed by atoms with Gasteiger partial charge in [-0.15, -0.1) is 11.8 Å². The number of carbonyl (C=O) groups excluding carboxylic acids is 1. The summed E-state index contributed by atoms with van der Waals surface area (Å²) in [5.74, 6) is -0.955. The quantitative estimate of drug-likeness (QED) is 0.0956. The Hall–Kier alpha value is -3.68. The second-order valence-corrected chi connectivity index (χ2v) is 13.8. The van der Waals surface area contributed by atoms with E-state index in [1.807, 2.05) is 19.9 Å². The molecule has 2 aromatic heterocycles. The van der Waals surface area contributed by atoms with E-state index in [1.165, 1.54) is 11.0 Å².